The zero-order valence-electron chi connectivity index (χ0n) is 9.91. The molecule has 1 aromatic heterocycles. The number of anilines is 1. The fourth-order valence-electron chi connectivity index (χ4n) is 2.96. The largest absolute Gasteiger partial charge is 0.308 e. The lowest BCUT2D eigenvalue weighted by molar-refractivity contribution is 0.333. The first-order valence-electron chi connectivity index (χ1n) is 6.06. The highest BCUT2D eigenvalue weighted by molar-refractivity contribution is 7.89. The van der Waals surface area contributed by atoms with Gasteiger partial charge in [0.25, 0.3) is 0 Å². The van der Waals surface area contributed by atoms with Gasteiger partial charge in [-0.15, -0.1) is 0 Å². The summed E-state index contributed by atoms with van der Waals surface area (Å²) in [5.74, 6) is 6.16. The van der Waals surface area contributed by atoms with Crippen molar-refractivity contribution in [2.24, 2.45) is 11.8 Å². The Kier molecular flexibility index (Phi) is 2.76. The Balaban J connectivity index is 1.94. The number of sulfonamides is 1. The van der Waals surface area contributed by atoms with Crippen molar-refractivity contribution >= 4 is 15.8 Å². The number of hydrazine groups is 1. The average molecular weight is 268 g/mol. The normalized spacial score (nSPS) is 27.6. The quantitative estimate of drug-likeness (QED) is 0.617. The second kappa shape index (κ2) is 4.18. The number of hydrogen-bond acceptors (Lipinski definition) is 5. The first kappa shape index (κ1) is 11.9. The molecule has 0 radical (unpaired) electrons. The van der Waals surface area contributed by atoms with Gasteiger partial charge in [0.15, 0.2) is 0 Å². The highest BCUT2D eigenvalue weighted by atomic mass is 32.2. The lowest BCUT2D eigenvalue weighted by Gasteiger charge is -2.26. The predicted molar refractivity (Wildman–Crippen MR) is 67.1 cm³/mol. The lowest BCUT2D eigenvalue weighted by Crippen LogP contribution is -2.37. The Labute approximate surface area is 106 Å². The molecule has 98 valence electrons. The van der Waals surface area contributed by atoms with Crippen molar-refractivity contribution in [3.05, 3.63) is 18.3 Å². The van der Waals surface area contributed by atoms with Crippen LogP contribution in [0.2, 0.25) is 0 Å². The predicted octanol–water partition coefficient (Wildman–Crippen LogP) is 0.540. The SMILES string of the molecule is NNc1cc(S(=O)(=O)N2CC3CCC2C3)ccn1. The van der Waals surface area contributed by atoms with Crippen LogP contribution < -0.4 is 11.3 Å². The molecule has 2 fully saturated rings. The van der Waals surface area contributed by atoms with Crippen LogP contribution in [0.25, 0.3) is 0 Å². The van der Waals surface area contributed by atoms with Gasteiger partial charge in [-0.2, -0.15) is 4.31 Å². The molecule has 7 heteroatoms. The second-order valence-electron chi connectivity index (χ2n) is 4.93. The summed E-state index contributed by atoms with van der Waals surface area (Å²) in [6.07, 6.45) is 4.60. The molecule has 0 spiro atoms. The molecule has 1 saturated carbocycles. The number of nitrogens with zero attached hydrogens (tertiary/aromatic N) is 2. The van der Waals surface area contributed by atoms with Gasteiger partial charge in [0.2, 0.25) is 10.0 Å². The molecule has 6 nitrogen and oxygen atoms in total. The molecule has 2 aliphatic rings. The molecule has 0 aromatic carbocycles. The van der Waals surface area contributed by atoms with Crippen LogP contribution in [-0.2, 0) is 10.0 Å². The van der Waals surface area contributed by atoms with Gasteiger partial charge in [-0.05, 0) is 31.2 Å². The van der Waals surface area contributed by atoms with E-state index in [1.54, 1.807) is 4.31 Å². The Bertz CT molecular complexity index is 560. The minimum atomic E-state index is -3.40. The molecular weight excluding hydrogens is 252 g/mol. The number of aromatic nitrogens is 1. The Morgan fingerprint density at radius 3 is 2.89 bits per heavy atom. The molecule has 1 saturated heterocycles. The summed E-state index contributed by atoms with van der Waals surface area (Å²) in [6, 6.07) is 3.17. The lowest BCUT2D eigenvalue weighted by atomic mass is 10.1. The smallest absolute Gasteiger partial charge is 0.243 e. The van der Waals surface area contributed by atoms with Gasteiger partial charge in [0, 0.05) is 24.8 Å². The van der Waals surface area contributed by atoms with Crippen molar-refractivity contribution in [3.63, 3.8) is 0 Å². The van der Waals surface area contributed by atoms with Crippen molar-refractivity contribution in [1.29, 1.82) is 0 Å². The fourth-order valence-corrected chi connectivity index (χ4v) is 4.72. The maximum atomic E-state index is 12.5. The summed E-state index contributed by atoms with van der Waals surface area (Å²) in [5.41, 5.74) is 2.37. The van der Waals surface area contributed by atoms with Gasteiger partial charge in [-0.25, -0.2) is 19.2 Å². The minimum absolute atomic E-state index is 0.183. The number of nitrogens with two attached hydrogens (primary N) is 1. The van der Waals surface area contributed by atoms with Crippen LogP contribution >= 0.6 is 0 Å². The summed E-state index contributed by atoms with van der Waals surface area (Å²) >= 11 is 0. The summed E-state index contributed by atoms with van der Waals surface area (Å²) in [5, 5.41) is 0. The van der Waals surface area contributed by atoms with Crippen molar-refractivity contribution in [2.45, 2.75) is 30.2 Å². The molecule has 2 unspecified atom stereocenters. The van der Waals surface area contributed by atoms with Gasteiger partial charge in [0.1, 0.15) is 5.82 Å². The van der Waals surface area contributed by atoms with E-state index in [1.807, 2.05) is 0 Å². The molecule has 2 atom stereocenters. The fraction of sp³-hybridized carbons (Fsp3) is 0.545. The topological polar surface area (TPSA) is 88.3 Å². The second-order valence-corrected chi connectivity index (χ2v) is 6.82. The van der Waals surface area contributed by atoms with E-state index in [1.165, 1.54) is 18.3 Å². The third-order valence-corrected chi connectivity index (χ3v) is 5.76. The molecule has 1 aliphatic carbocycles. The highest BCUT2D eigenvalue weighted by Gasteiger charge is 2.44. The Hall–Kier alpha value is -1.18. The van der Waals surface area contributed by atoms with Crippen molar-refractivity contribution < 1.29 is 8.42 Å². The van der Waals surface area contributed by atoms with E-state index in [9.17, 15) is 8.42 Å². The first-order chi connectivity index (χ1) is 8.61. The van der Waals surface area contributed by atoms with E-state index in [2.05, 4.69) is 10.4 Å². The van der Waals surface area contributed by atoms with E-state index in [-0.39, 0.29) is 10.9 Å². The summed E-state index contributed by atoms with van der Waals surface area (Å²) in [4.78, 5) is 4.19. The van der Waals surface area contributed by atoms with Crippen LogP contribution in [0.1, 0.15) is 19.3 Å². The third-order valence-electron chi connectivity index (χ3n) is 3.84. The number of nitrogen functional groups attached to an aromatic ring is 1. The van der Waals surface area contributed by atoms with E-state index in [4.69, 9.17) is 5.84 Å². The molecule has 1 aromatic rings. The van der Waals surface area contributed by atoms with E-state index in [0.717, 1.165) is 19.3 Å². The van der Waals surface area contributed by atoms with Gasteiger partial charge < -0.3 is 5.43 Å². The van der Waals surface area contributed by atoms with Crippen molar-refractivity contribution in [1.82, 2.24) is 9.29 Å². The maximum absolute atomic E-state index is 12.5. The van der Waals surface area contributed by atoms with Gasteiger partial charge in [-0.3, -0.25) is 0 Å². The number of nitrogens with one attached hydrogen (secondary N) is 1. The summed E-state index contributed by atoms with van der Waals surface area (Å²) < 4.78 is 26.7. The zero-order chi connectivity index (χ0) is 12.8. The van der Waals surface area contributed by atoms with Crippen LogP contribution in [-0.4, -0.2) is 30.3 Å². The molecule has 3 N–H and O–H groups in total. The van der Waals surface area contributed by atoms with Gasteiger partial charge >= 0.3 is 0 Å². The van der Waals surface area contributed by atoms with Crippen molar-refractivity contribution in [3.8, 4) is 0 Å². The van der Waals surface area contributed by atoms with Gasteiger partial charge in [0.05, 0.1) is 4.90 Å². The number of hydrogen-bond donors (Lipinski definition) is 2. The van der Waals surface area contributed by atoms with Crippen LogP contribution in [0.3, 0.4) is 0 Å². The van der Waals surface area contributed by atoms with E-state index < -0.39 is 10.0 Å². The highest BCUT2D eigenvalue weighted by Crippen LogP contribution is 2.40. The monoisotopic (exact) mass is 268 g/mol. The molecule has 3 rings (SSSR count). The van der Waals surface area contributed by atoms with Crippen LogP contribution in [0.5, 0.6) is 0 Å². The zero-order valence-corrected chi connectivity index (χ0v) is 10.7. The Morgan fingerprint density at radius 2 is 2.28 bits per heavy atom. The molecule has 2 heterocycles. The van der Waals surface area contributed by atoms with E-state index >= 15 is 0 Å². The minimum Gasteiger partial charge on any atom is -0.308 e. The van der Waals surface area contributed by atoms with Crippen LogP contribution in [0.15, 0.2) is 23.2 Å². The number of piperidine rings is 1. The standard InChI is InChI=1S/C11H16N4O2S/c12-14-11-6-10(3-4-13-11)18(16,17)15-7-8-1-2-9(15)5-8/h3-4,6,8-9H,1-2,5,7,12H2,(H,13,14). The molecule has 18 heavy (non-hydrogen) atoms. The molecule has 0 amide bonds. The number of fused-ring (bicyclic) bond motifs is 2. The Morgan fingerprint density at radius 1 is 1.44 bits per heavy atom. The van der Waals surface area contributed by atoms with Crippen LogP contribution in [0, 0.1) is 5.92 Å². The number of rotatable bonds is 3. The molecular formula is C11H16N4O2S. The van der Waals surface area contributed by atoms with Crippen molar-refractivity contribution in [2.75, 3.05) is 12.0 Å². The van der Waals surface area contributed by atoms with E-state index in [0.29, 0.717) is 18.3 Å². The molecule has 2 bridgehead atoms. The first-order valence-corrected chi connectivity index (χ1v) is 7.50. The molecule has 1 aliphatic heterocycles. The third kappa shape index (κ3) is 1.79. The maximum Gasteiger partial charge on any atom is 0.243 e. The van der Waals surface area contributed by atoms with Crippen LogP contribution in [0.4, 0.5) is 5.82 Å². The van der Waals surface area contributed by atoms with Gasteiger partial charge in [-0.1, -0.05) is 0 Å². The summed E-state index contributed by atoms with van der Waals surface area (Å²) in [7, 11) is -3.40. The number of pyridine rings is 1. The average Bonchev–Trinajstić information content (AvgIpc) is 3.01. The summed E-state index contributed by atoms with van der Waals surface area (Å²) in [6.45, 7) is 0.653.